The second-order valence-corrected chi connectivity index (χ2v) is 6.02. The Hall–Kier alpha value is -0.980. The number of alkyl halides is 1. The van der Waals surface area contributed by atoms with E-state index in [9.17, 15) is 8.42 Å². The number of nitrogens with one attached hydrogen (secondary N) is 1. The van der Waals surface area contributed by atoms with E-state index in [4.69, 9.17) is 16.3 Å². The maximum absolute atomic E-state index is 12.1. The van der Waals surface area contributed by atoms with Gasteiger partial charge in [0.25, 0.3) is 0 Å². The summed E-state index contributed by atoms with van der Waals surface area (Å²) < 4.78 is 33.6. The Bertz CT molecular complexity index is 530. The number of rotatable bonds is 8. The van der Waals surface area contributed by atoms with Gasteiger partial charge in [-0.3, -0.25) is 4.72 Å². The normalized spacial score (nSPS) is 11.7. The van der Waals surface area contributed by atoms with E-state index in [1.54, 1.807) is 32.0 Å². The summed E-state index contributed by atoms with van der Waals surface area (Å²) in [4.78, 5) is 0. The Balaban J connectivity index is 2.98. The van der Waals surface area contributed by atoms with Crippen molar-refractivity contribution in [2.75, 3.05) is 24.4 Å². The lowest BCUT2D eigenvalue weighted by Gasteiger charge is -2.20. The van der Waals surface area contributed by atoms with E-state index >= 15 is 0 Å². The molecule has 0 saturated heterocycles. The molecule has 1 aromatic carbocycles. The predicted molar refractivity (Wildman–Crippen MR) is 82.6 cm³/mol. The van der Waals surface area contributed by atoms with Crippen molar-refractivity contribution in [2.24, 2.45) is 0 Å². The first-order valence-electron chi connectivity index (χ1n) is 6.58. The first kappa shape index (κ1) is 17.1. The average molecular weight is 321 g/mol. The number of benzene rings is 1. The molecular weight excluding hydrogens is 300 g/mol. The lowest BCUT2D eigenvalue weighted by Crippen LogP contribution is -2.35. The molecule has 114 valence electrons. The molecule has 0 spiro atoms. The van der Waals surface area contributed by atoms with Crippen LogP contribution in [0.1, 0.15) is 26.3 Å². The third-order valence-corrected chi connectivity index (χ3v) is 4.77. The lowest BCUT2D eigenvalue weighted by molar-refractivity contribution is 0.337. The average Bonchev–Trinajstić information content (AvgIpc) is 2.41. The number of anilines is 1. The van der Waals surface area contributed by atoms with Crippen LogP contribution in [0.4, 0.5) is 5.69 Å². The molecule has 0 aliphatic rings. The third kappa shape index (κ3) is 4.26. The molecular formula is C13H21ClN2O3S. The second kappa shape index (κ2) is 7.71. The van der Waals surface area contributed by atoms with E-state index in [1.165, 1.54) is 4.31 Å². The van der Waals surface area contributed by atoms with Crippen molar-refractivity contribution < 1.29 is 13.2 Å². The summed E-state index contributed by atoms with van der Waals surface area (Å²) in [6, 6.07) is 5.09. The Kier molecular flexibility index (Phi) is 6.58. The maximum Gasteiger partial charge on any atom is 0.301 e. The van der Waals surface area contributed by atoms with Crippen LogP contribution in [0.15, 0.2) is 18.2 Å². The summed E-state index contributed by atoms with van der Waals surface area (Å²) in [5.74, 6) is 0.934. The number of halogens is 1. The SMILES string of the molecule is CCOc1ccc(NS(=O)(=O)N(CC)CC)cc1CCl. The van der Waals surface area contributed by atoms with Gasteiger partial charge in [0, 0.05) is 18.7 Å². The monoisotopic (exact) mass is 320 g/mol. The fourth-order valence-corrected chi connectivity index (χ4v) is 3.26. The second-order valence-electron chi connectivity index (χ2n) is 4.08. The molecule has 20 heavy (non-hydrogen) atoms. The van der Waals surface area contributed by atoms with Gasteiger partial charge in [0.15, 0.2) is 0 Å². The molecule has 0 aliphatic heterocycles. The molecule has 1 N–H and O–H groups in total. The molecule has 0 radical (unpaired) electrons. The van der Waals surface area contributed by atoms with Crippen LogP contribution >= 0.6 is 11.6 Å². The highest BCUT2D eigenvalue weighted by molar-refractivity contribution is 7.90. The van der Waals surface area contributed by atoms with Gasteiger partial charge < -0.3 is 4.74 Å². The van der Waals surface area contributed by atoms with Gasteiger partial charge in [0.1, 0.15) is 5.75 Å². The van der Waals surface area contributed by atoms with E-state index in [1.807, 2.05) is 6.92 Å². The number of ether oxygens (including phenoxy) is 1. The minimum Gasteiger partial charge on any atom is -0.494 e. The van der Waals surface area contributed by atoms with Crippen molar-refractivity contribution in [3.05, 3.63) is 23.8 Å². The summed E-state index contributed by atoms with van der Waals surface area (Å²) in [7, 11) is -3.53. The molecule has 0 amide bonds. The topological polar surface area (TPSA) is 58.6 Å². The van der Waals surface area contributed by atoms with Gasteiger partial charge in [0.05, 0.1) is 18.2 Å². The van der Waals surface area contributed by atoms with E-state index in [0.717, 1.165) is 5.56 Å². The van der Waals surface area contributed by atoms with E-state index in [-0.39, 0.29) is 5.88 Å². The van der Waals surface area contributed by atoms with Gasteiger partial charge in [-0.05, 0) is 25.1 Å². The molecule has 5 nitrogen and oxygen atoms in total. The third-order valence-electron chi connectivity index (χ3n) is 2.80. The van der Waals surface area contributed by atoms with Crippen molar-refractivity contribution in [2.45, 2.75) is 26.7 Å². The number of nitrogens with zero attached hydrogens (tertiary/aromatic N) is 1. The highest BCUT2D eigenvalue weighted by atomic mass is 35.5. The van der Waals surface area contributed by atoms with Gasteiger partial charge in [-0.15, -0.1) is 11.6 Å². The minimum atomic E-state index is -3.53. The van der Waals surface area contributed by atoms with Crippen LogP contribution in [0.25, 0.3) is 0 Å². The first-order valence-corrected chi connectivity index (χ1v) is 8.55. The van der Waals surface area contributed by atoms with Crippen molar-refractivity contribution in [3.63, 3.8) is 0 Å². The van der Waals surface area contributed by atoms with Crippen molar-refractivity contribution in [3.8, 4) is 5.75 Å². The predicted octanol–water partition coefficient (Wildman–Crippen LogP) is 2.82. The zero-order valence-corrected chi connectivity index (χ0v) is 13.6. The van der Waals surface area contributed by atoms with Crippen molar-refractivity contribution >= 4 is 27.5 Å². The largest absolute Gasteiger partial charge is 0.494 e. The fourth-order valence-electron chi connectivity index (χ4n) is 1.82. The van der Waals surface area contributed by atoms with Crippen LogP contribution in [-0.4, -0.2) is 32.4 Å². The van der Waals surface area contributed by atoms with Crippen LogP contribution in [0.3, 0.4) is 0 Å². The van der Waals surface area contributed by atoms with Crippen molar-refractivity contribution in [1.82, 2.24) is 4.31 Å². The highest BCUT2D eigenvalue weighted by Crippen LogP contribution is 2.25. The lowest BCUT2D eigenvalue weighted by atomic mass is 10.2. The molecule has 0 fully saturated rings. The molecule has 0 bridgehead atoms. The summed E-state index contributed by atoms with van der Waals surface area (Å²) in [6.07, 6.45) is 0. The molecule has 0 aliphatic carbocycles. The summed E-state index contributed by atoms with van der Waals surface area (Å²) in [5.41, 5.74) is 1.24. The van der Waals surface area contributed by atoms with Crippen LogP contribution in [0.2, 0.25) is 0 Å². The molecule has 1 rings (SSSR count). The maximum atomic E-state index is 12.1. The molecule has 0 heterocycles. The quantitative estimate of drug-likeness (QED) is 0.749. The van der Waals surface area contributed by atoms with Crippen LogP contribution < -0.4 is 9.46 Å². The van der Waals surface area contributed by atoms with Gasteiger partial charge >= 0.3 is 10.2 Å². The zero-order valence-electron chi connectivity index (χ0n) is 12.0. The van der Waals surface area contributed by atoms with Crippen molar-refractivity contribution in [1.29, 1.82) is 0 Å². The molecule has 1 aromatic rings. The molecule has 0 aromatic heterocycles. The van der Waals surface area contributed by atoms with Gasteiger partial charge in [-0.25, -0.2) is 0 Å². The Morgan fingerprint density at radius 2 is 1.90 bits per heavy atom. The fraction of sp³-hybridized carbons (Fsp3) is 0.538. The summed E-state index contributed by atoms with van der Waals surface area (Å²) >= 11 is 5.86. The molecule has 0 atom stereocenters. The van der Waals surface area contributed by atoms with E-state index in [2.05, 4.69) is 4.72 Å². The van der Waals surface area contributed by atoms with Gasteiger partial charge in [-0.1, -0.05) is 13.8 Å². The number of hydrogen-bond acceptors (Lipinski definition) is 3. The van der Waals surface area contributed by atoms with E-state index in [0.29, 0.717) is 31.1 Å². The van der Waals surface area contributed by atoms with Gasteiger partial charge in [-0.2, -0.15) is 12.7 Å². The zero-order chi connectivity index (χ0) is 15.2. The summed E-state index contributed by atoms with van der Waals surface area (Å²) in [6.45, 7) is 6.86. The standard InChI is InChI=1S/C13H21ClN2O3S/c1-4-16(5-2)20(17,18)15-12-7-8-13(19-6-3)11(9-12)10-14/h7-9,15H,4-6,10H2,1-3H3. The molecule has 0 saturated carbocycles. The number of hydrogen-bond donors (Lipinski definition) is 1. The van der Waals surface area contributed by atoms with E-state index < -0.39 is 10.2 Å². The summed E-state index contributed by atoms with van der Waals surface area (Å²) in [5, 5.41) is 0. The first-order chi connectivity index (χ1) is 9.48. The smallest absolute Gasteiger partial charge is 0.301 e. The Morgan fingerprint density at radius 1 is 1.25 bits per heavy atom. The Labute approximate surface area is 126 Å². The Morgan fingerprint density at radius 3 is 2.40 bits per heavy atom. The van der Waals surface area contributed by atoms with Crippen LogP contribution in [0, 0.1) is 0 Å². The minimum absolute atomic E-state index is 0.260. The van der Waals surface area contributed by atoms with Crippen LogP contribution in [0.5, 0.6) is 5.75 Å². The van der Waals surface area contributed by atoms with Crippen LogP contribution in [-0.2, 0) is 16.1 Å². The van der Waals surface area contributed by atoms with Gasteiger partial charge in [0.2, 0.25) is 0 Å². The highest BCUT2D eigenvalue weighted by Gasteiger charge is 2.18. The molecule has 0 unspecified atom stereocenters. The molecule has 7 heteroatoms.